The van der Waals surface area contributed by atoms with E-state index in [0.717, 1.165) is 12.0 Å². The van der Waals surface area contributed by atoms with E-state index in [9.17, 15) is 13.2 Å². The normalized spacial score (nSPS) is 15.9. The van der Waals surface area contributed by atoms with E-state index >= 15 is 0 Å². The van der Waals surface area contributed by atoms with E-state index in [1.807, 2.05) is 32.9 Å². The number of likely N-dealkylation sites (N-methyl/N-ethyl adjacent to an activating group) is 1. The molecule has 2 N–H and O–H groups in total. The van der Waals surface area contributed by atoms with Crippen LogP contribution in [0.1, 0.15) is 37.9 Å². The van der Waals surface area contributed by atoms with Gasteiger partial charge in [-0.25, -0.2) is 13.6 Å². The van der Waals surface area contributed by atoms with Crippen molar-refractivity contribution in [2.75, 3.05) is 13.7 Å². The fourth-order valence-electron chi connectivity index (χ4n) is 3.33. The second-order valence-corrected chi connectivity index (χ2v) is 9.43. The van der Waals surface area contributed by atoms with Crippen molar-refractivity contribution in [1.29, 1.82) is 0 Å². The fraction of sp³-hybridized carbons (Fsp3) is 0.381. The van der Waals surface area contributed by atoms with Crippen LogP contribution in [0.3, 0.4) is 0 Å². The van der Waals surface area contributed by atoms with E-state index in [1.54, 1.807) is 25.2 Å². The van der Waals surface area contributed by atoms with Crippen molar-refractivity contribution in [3.05, 3.63) is 53.6 Å². The summed E-state index contributed by atoms with van der Waals surface area (Å²) < 4.78 is 34.9. The monoisotopic (exact) mass is 418 g/mol. The average molecular weight is 419 g/mol. The molecule has 8 heteroatoms. The number of amides is 1. The number of para-hydroxylation sites is 1. The highest BCUT2D eigenvalue weighted by Crippen LogP contribution is 2.41. The Balaban J connectivity index is 1.69. The van der Waals surface area contributed by atoms with E-state index in [0.29, 0.717) is 17.1 Å². The van der Waals surface area contributed by atoms with E-state index in [2.05, 4.69) is 0 Å². The molecule has 29 heavy (non-hydrogen) atoms. The van der Waals surface area contributed by atoms with Crippen LogP contribution in [-0.2, 0) is 21.2 Å². The lowest BCUT2D eigenvalue weighted by Gasteiger charge is -2.26. The lowest BCUT2D eigenvalue weighted by Crippen LogP contribution is -2.33. The summed E-state index contributed by atoms with van der Waals surface area (Å²) in [5.41, 5.74) is 1.42. The quantitative estimate of drug-likeness (QED) is 0.778. The van der Waals surface area contributed by atoms with Gasteiger partial charge in [0.15, 0.2) is 18.1 Å². The number of carbonyl (C=O) groups excluding carboxylic acids is 1. The number of carbonyl (C=O) groups is 1. The van der Waals surface area contributed by atoms with Crippen LogP contribution in [0.15, 0.2) is 47.4 Å². The molecule has 0 spiro atoms. The summed E-state index contributed by atoms with van der Waals surface area (Å²) in [4.78, 5) is 14.2. The van der Waals surface area contributed by atoms with Gasteiger partial charge in [-0.3, -0.25) is 4.79 Å². The number of sulfonamides is 1. The van der Waals surface area contributed by atoms with Gasteiger partial charge in [0.2, 0.25) is 10.0 Å². The first kappa shape index (κ1) is 21.1. The second-order valence-electron chi connectivity index (χ2n) is 7.87. The van der Waals surface area contributed by atoms with Gasteiger partial charge in [0.05, 0.1) is 10.9 Å². The van der Waals surface area contributed by atoms with Gasteiger partial charge in [-0.1, -0.05) is 24.3 Å². The van der Waals surface area contributed by atoms with E-state index in [4.69, 9.17) is 14.6 Å². The molecule has 2 aromatic carbocycles. The van der Waals surface area contributed by atoms with Crippen LogP contribution in [0.2, 0.25) is 0 Å². The van der Waals surface area contributed by atoms with Gasteiger partial charge < -0.3 is 14.4 Å². The molecule has 156 valence electrons. The molecule has 2 aromatic rings. The molecule has 7 nitrogen and oxygen atoms in total. The van der Waals surface area contributed by atoms with Crippen LogP contribution in [0, 0.1) is 0 Å². The van der Waals surface area contributed by atoms with E-state index in [-0.39, 0.29) is 29.1 Å². The van der Waals surface area contributed by atoms with Crippen LogP contribution in [0.4, 0.5) is 0 Å². The zero-order valence-corrected chi connectivity index (χ0v) is 17.8. The van der Waals surface area contributed by atoms with Crippen LogP contribution in [0.5, 0.6) is 11.5 Å². The molecule has 0 fully saturated rings. The van der Waals surface area contributed by atoms with Crippen molar-refractivity contribution < 1.29 is 22.7 Å². The van der Waals surface area contributed by atoms with Crippen molar-refractivity contribution >= 4 is 15.9 Å². The number of fused-ring (bicyclic) bond motifs is 1. The molecule has 1 heterocycles. The van der Waals surface area contributed by atoms with Crippen molar-refractivity contribution in [3.8, 4) is 11.5 Å². The number of rotatable bonds is 6. The van der Waals surface area contributed by atoms with Gasteiger partial charge in [0.25, 0.3) is 5.91 Å². The van der Waals surface area contributed by atoms with Gasteiger partial charge in [0, 0.05) is 19.0 Å². The lowest BCUT2D eigenvalue weighted by molar-refractivity contribution is -0.134. The zero-order chi connectivity index (χ0) is 21.4. The zero-order valence-electron chi connectivity index (χ0n) is 17.0. The third-order valence-electron chi connectivity index (χ3n) is 5.05. The van der Waals surface area contributed by atoms with Crippen LogP contribution in [0.25, 0.3) is 0 Å². The maximum absolute atomic E-state index is 12.7. The lowest BCUT2D eigenvalue weighted by atomic mass is 10.0. The topological polar surface area (TPSA) is 98.9 Å². The number of nitrogens with two attached hydrogens (primary N) is 1. The molecule has 0 aromatic heterocycles. The first-order chi connectivity index (χ1) is 13.5. The predicted octanol–water partition coefficient (Wildman–Crippen LogP) is 2.65. The van der Waals surface area contributed by atoms with Crippen molar-refractivity contribution in [1.82, 2.24) is 4.90 Å². The van der Waals surface area contributed by atoms with Gasteiger partial charge >= 0.3 is 0 Å². The standard InChI is InChI=1S/C21H26N2O5S/c1-14(15-7-5-9-17(11-15)29(22,25)26)23(4)19(24)13-27-18-10-6-8-16-12-21(2,3)28-20(16)18/h5-11,14H,12-13H2,1-4H3,(H2,22,25,26). The first-order valence-corrected chi connectivity index (χ1v) is 10.8. The van der Waals surface area contributed by atoms with E-state index in [1.165, 1.54) is 17.0 Å². The number of hydrogen-bond acceptors (Lipinski definition) is 5. The Hall–Kier alpha value is -2.58. The van der Waals surface area contributed by atoms with Crippen LogP contribution < -0.4 is 14.6 Å². The Morgan fingerprint density at radius 2 is 1.97 bits per heavy atom. The van der Waals surface area contributed by atoms with Crippen LogP contribution >= 0.6 is 0 Å². The molecule has 0 saturated carbocycles. The Kier molecular flexibility index (Phi) is 5.60. The fourth-order valence-corrected chi connectivity index (χ4v) is 3.90. The number of benzene rings is 2. The summed E-state index contributed by atoms with van der Waals surface area (Å²) >= 11 is 0. The summed E-state index contributed by atoms with van der Waals surface area (Å²) in [7, 11) is -2.16. The smallest absolute Gasteiger partial charge is 0.260 e. The minimum atomic E-state index is -3.81. The van der Waals surface area contributed by atoms with Crippen LogP contribution in [-0.4, -0.2) is 38.5 Å². The van der Waals surface area contributed by atoms with Gasteiger partial charge in [0.1, 0.15) is 5.60 Å². The van der Waals surface area contributed by atoms with Crippen molar-refractivity contribution in [2.24, 2.45) is 5.14 Å². The number of nitrogens with zero attached hydrogens (tertiary/aromatic N) is 1. The Morgan fingerprint density at radius 3 is 2.66 bits per heavy atom. The minimum absolute atomic E-state index is 0.0126. The number of hydrogen-bond donors (Lipinski definition) is 1. The van der Waals surface area contributed by atoms with E-state index < -0.39 is 10.0 Å². The van der Waals surface area contributed by atoms with Gasteiger partial charge in [-0.15, -0.1) is 0 Å². The third kappa shape index (κ3) is 4.71. The highest BCUT2D eigenvalue weighted by atomic mass is 32.2. The summed E-state index contributed by atoms with van der Waals surface area (Å²) in [6, 6.07) is 11.6. The van der Waals surface area contributed by atoms with Crippen molar-refractivity contribution in [3.63, 3.8) is 0 Å². The minimum Gasteiger partial charge on any atom is -0.483 e. The number of ether oxygens (including phenoxy) is 2. The Morgan fingerprint density at radius 1 is 1.28 bits per heavy atom. The maximum Gasteiger partial charge on any atom is 0.260 e. The molecule has 3 rings (SSSR count). The molecule has 0 aliphatic carbocycles. The highest BCUT2D eigenvalue weighted by molar-refractivity contribution is 7.89. The average Bonchev–Trinajstić information content (AvgIpc) is 2.98. The summed E-state index contributed by atoms with van der Waals surface area (Å²) in [6.07, 6.45) is 0.783. The van der Waals surface area contributed by atoms with Gasteiger partial charge in [-0.2, -0.15) is 0 Å². The SMILES string of the molecule is CC(c1cccc(S(N)(=O)=O)c1)N(C)C(=O)COc1cccc2c1OC(C)(C)C2. The van der Waals surface area contributed by atoms with Gasteiger partial charge in [-0.05, 0) is 44.5 Å². The summed E-state index contributed by atoms with van der Waals surface area (Å²) in [5, 5.41) is 5.20. The third-order valence-corrected chi connectivity index (χ3v) is 5.96. The highest BCUT2D eigenvalue weighted by Gasteiger charge is 2.32. The molecular weight excluding hydrogens is 392 g/mol. The second kappa shape index (κ2) is 7.68. The Bertz CT molecular complexity index is 1030. The maximum atomic E-state index is 12.7. The first-order valence-electron chi connectivity index (χ1n) is 9.30. The Labute approximate surface area is 171 Å². The van der Waals surface area contributed by atoms with Crippen molar-refractivity contribution in [2.45, 2.75) is 43.7 Å². The molecule has 1 unspecified atom stereocenters. The molecule has 0 saturated heterocycles. The molecule has 0 bridgehead atoms. The molecular formula is C21H26N2O5S. The molecule has 1 amide bonds. The molecule has 0 radical (unpaired) electrons. The number of primary sulfonamides is 1. The predicted molar refractivity (Wildman–Crippen MR) is 109 cm³/mol. The largest absolute Gasteiger partial charge is 0.483 e. The molecule has 1 aliphatic rings. The molecule has 1 atom stereocenters. The summed E-state index contributed by atoms with van der Waals surface area (Å²) in [6.45, 7) is 5.67. The molecule has 1 aliphatic heterocycles. The summed E-state index contributed by atoms with van der Waals surface area (Å²) in [5.74, 6) is 0.980.